The van der Waals surface area contributed by atoms with Crippen molar-refractivity contribution in [3.05, 3.63) is 11.6 Å². The lowest BCUT2D eigenvalue weighted by Gasteiger charge is -2.18. The molecule has 2 aliphatic rings. The Kier molecular flexibility index (Phi) is 3.24. The van der Waals surface area contributed by atoms with Crippen LogP contribution in [-0.4, -0.2) is 25.3 Å². The lowest BCUT2D eigenvalue weighted by atomic mass is 10.1. The summed E-state index contributed by atoms with van der Waals surface area (Å²) in [4.78, 5) is 0. The third-order valence-corrected chi connectivity index (χ3v) is 3.11. The molecule has 0 aromatic heterocycles. The van der Waals surface area contributed by atoms with Crippen LogP contribution in [0.2, 0.25) is 0 Å². The van der Waals surface area contributed by atoms with Crippen LogP contribution in [0.3, 0.4) is 0 Å². The maximum atomic E-state index is 5.76. The molecule has 2 unspecified atom stereocenters. The quantitative estimate of drug-likeness (QED) is 0.694. The van der Waals surface area contributed by atoms with E-state index in [0.29, 0.717) is 12.1 Å². The number of hydrogen-bond donors (Lipinski definition) is 1. The maximum absolute atomic E-state index is 5.76. The molecule has 1 saturated heterocycles. The molecule has 80 valence electrons. The van der Waals surface area contributed by atoms with Gasteiger partial charge in [-0.2, -0.15) is 0 Å². The lowest BCUT2D eigenvalue weighted by Crippen LogP contribution is -2.37. The molecule has 1 N–H and O–H groups in total. The molecule has 1 heterocycles. The highest BCUT2D eigenvalue weighted by Gasteiger charge is 2.40. The standard InChI is InChI=1S/C12H21NO/c1-9(2)5-7-13-11-6-8-14-12(11)10-3-4-10/h5,10-13H,3-4,6-8H2,1-2H3. The van der Waals surface area contributed by atoms with Crippen LogP contribution >= 0.6 is 0 Å². The van der Waals surface area contributed by atoms with Crippen LogP contribution < -0.4 is 5.32 Å². The molecule has 0 spiro atoms. The van der Waals surface area contributed by atoms with Gasteiger partial charge in [0.25, 0.3) is 0 Å². The summed E-state index contributed by atoms with van der Waals surface area (Å²) in [5.74, 6) is 0.863. The summed E-state index contributed by atoms with van der Waals surface area (Å²) in [5.41, 5.74) is 1.39. The van der Waals surface area contributed by atoms with E-state index < -0.39 is 0 Å². The third kappa shape index (κ3) is 2.58. The predicted octanol–water partition coefficient (Wildman–Crippen LogP) is 2.11. The van der Waals surface area contributed by atoms with E-state index in [9.17, 15) is 0 Å². The van der Waals surface area contributed by atoms with Gasteiger partial charge in [-0.1, -0.05) is 11.6 Å². The molecule has 2 heteroatoms. The first-order valence-electron chi connectivity index (χ1n) is 5.75. The van der Waals surface area contributed by atoms with Crippen molar-refractivity contribution >= 4 is 0 Å². The lowest BCUT2D eigenvalue weighted by molar-refractivity contribution is 0.0818. The van der Waals surface area contributed by atoms with Crippen LogP contribution in [0, 0.1) is 5.92 Å². The molecular weight excluding hydrogens is 174 g/mol. The minimum absolute atomic E-state index is 0.514. The highest BCUT2D eigenvalue weighted by atomic mass is 16.5. The Morgan fingerprint density at radius 1 is 1.36 bits per heavy atom. The Labute approximate surface area is 86.7 Å². The van der Waals surface area contributed by atoms with Crippen LogP contribution in [0.15, 0.2) is 11.6 Å². The van der Waals surface area contributed by atoms with E-state index in [4.69, 9.17) is 4.74 Å². The summed E-state index contributed by atoms with van der Waals surface area (Å²) in [7, 11) is 0. The molecule has 0 aromatic carbocycles. The molecule has 1 aliphatic heterocycles. The zero-order valence-corrected chi connectivity index (χ0v) is 9.25. The van der Waals surface area contributed by atoms with Crippen molar-refractivity contribution in [2.75, 3.05) is 13.2 Å². The third-order valence-electron chi connectivity index (χ3n) is 3.11. The number of hydrogen-bond acceptors (Lipinski definition) is 2. The average molecular weight is 195 g/mol. The molecule has 0 bridgehead atoms. The zero-order chi connectivity index (χ0) is 9.97. The van der Waals surface area contributed by atoms with Crippen molar-refractivity contribution in [2.45, 2.75) is 45.3 Å². The maximum Gasteiger partial charge on any atom is 0.0757 e. The van der Waals surface area contributed by atoms with E-state index in [1.165, 1.54) is 24.8 Å². The van der Waals surface area contributed by atoms with Gasteiger partial charge in [0.05, 0.1) is 6.10 Å². The van der Waals surface area contributed by atoms with Gasteiger partial charge in [-0.3, -0.25) is 0 Å². The number of ether oxygens (including phenoxy) is 1. The molecule has 0 aromatic rings. The van der Waals surface area contributed by atoms with Gasteiger partial charge < -0.3 is 10.1 Å². The predicted molar refractivity (Wildman–Crippen MR) is 58.3 cm³/mol. The topological polar surface area (TPSA) is 21.3 Å². The summed E-state index contributed by atoms with van der Waals surface area (Å²) >= 11 is 0. The molecular formula is C12H21NO. The van der Waals surface area contributed by atoms with Gasteiger partial charge >= 0.3 is 0 Å². The van der Waals surface area contributed by atoms with Gasteiger partial charge in [-0.05, 0) is 39.0 Å². The van der Waals surface area contributed by atoms with E-state index in [-0.39, 0.29) is 0 Å². The Hall–Kier alpha value is -0.340. The highest BCUT2D eigenvalue weighted by molar-refractivity contribution is 4.98. The Morgan fingerprint density at radius 2 is 2.14 bits per heavy atom. The largest absolute Gasteiger partial charge is 0.376 e. The normalized spacial score (nSPS) is 31.9. The molecule has 0 amide bonds. The van der Waals surface area contributed by atoms with E-state index in [1.54, 1.807) is 0 Å². The SMILES string of the molecule is CC(C)=CCNC1CCOC1C1CC1. The second-order valence-electron chi connectivity index (χ2n) is 4.76. The number of allylic oxidation sites excluding steroid dienone is 1. The van der Waals surface area contributed by atoms with Crippen molar-refractivity contribution in [3.63, 3.8) is 0 Å². The monoisotopic (exact) mass is 195 g/mol. The second kappa shape index (κ2) is 4.45. The van der Waals surface area contributed by atoms with E-state index in [1.807, 2.05) is 0 Å². The Morgan fingerprint density at radius 3 is 2.79 bits per heavy atom. The van der Waals surface area contributed by atoms with Gasteiger partial charge in [-0.25, -0.2) is 0 Å². The molecule has 2 rings (SSSR count). The fourth-order valence-electron chi connectivity index (χ4n) is 2.13. The minimum atomic E-state index is 0.514. The molecule has 0 radical (unpaired) electrons. The number of nitrogens with one attached hydrogen (secondary N) is 1. The van der Waals surface area contributed by atoms with Gasteiger partial charge in [0.15, 0.2) is 0 Å². The van der Waals surface area contributed by atoms with Crippen LogP contribution in [0.1, 0.15) is 33.1 Å². The number of rotatable bonds is 4. The van der Waals surface area contributed by atoms with Crippen LogP contribution in [-0.2, 0) is 4.74 Å². The molecule has 2 atom stereocenters. The molecule has 1 saturated carbocycles. The molecule has 1 aliphatic carbocycles. The fourth-order valence-corrected chi connectivity index (χ4v) is 2.13. The van der Waals surface area contributed by atoms with Crippen LogP contribution in [0.5, 0.6) is 0 Å². The summed E-state index contributed by atoms with van der Waals surface area (Å²) < 4.78 is 5.76. The first-order valence-corrected chi connectivity index (χ1v) is 5.75. The second-order valence-corrected chi connectivity index (χ2v) is 4.76. The zero-order valence-electron chi connectivity index (χ0n) is 9.25. The smallest absolute Gasteiger partial charge is 0.0757 e. The summed E-state index contributed by atoms with van der Waals surface area (Å²) in [6, 6.07) is 0.609. The van der Waals surface area contributed by atoms with Crippen molar-refractivity contribution in [2.24, 2.45) is 5.92 Å². The van der Waals surface area contributed by atoms with Gasteiger partial charge in [-0.15, -0.1) is 0 Å². The van der Waals surface area contributed by atoms with E-state index in [2.05, 4.69) is 25.2 Å². The van der Waals surface area contributed by atoms with Crippen molar-refractivity contribution in [1.29, 1.82) is 0 Å². The minimum Gasteiger partial charge on any atom is -0.376 e. The van der Waals surface area contributed by atoms with Gasteiger partial charge in [0, 0.05) is 19.2 Å². The van der Waals surface area contributed by atoms with E-state index in [0.717, 1.165) is 19.1 Å². The summed E-state index contributed by atoms with van der Waals surface area (Å²) in [5, 5.41) is 3.58. The molecule has 2 nitrogen and oxygen atoms in total. The highest BCUT2D eigenvalue weighted by Crippen LogP contribution is 2.38. The average Bonchev–Trinajstić information content (AvgIpc) is 2.87. The molecule has 2 fully saturated rings. The van der Waals surface area contributed by atoms with Crippen LogP contribution in [0.4, 0.5) is 0 Å². The van der Waals surface area contributed by atoms with E-state index >= 15 is 0 Å². The molecule has 14 heavy (non-hydrogen) atoms. The van der Waals surface area contributed by atoms with Crippen LogP contribution in [0.25, 0.3) is 0 Å². The Balaban J connectivity index is 1.75. The van der Waals surface area contributed by atoms with Gasteiger partial charge in [0.1, 0.15) is 0 Å². The first kappa shape index (κ1) is 10.2. The first-order chi connectivity index (χ1) is 6.77. The van der Waals surface area contributed by atoms with Crippen molar-refractivity contribution < 1.29 is 4.74 Å². The fraction of sp³-hybridized carbons (Fsp3) is 0.833. The van der Waals surface area contributed by atoms with Crippen molar-refractivity contribution in [1.82, 2.24) is 5.32 Å². The Bertz CT molecular complexity index is 216. The van der Waals surface area contributed by atoms with Gasteiger partial charge in [0.2, 0.25) is 0 Å². The van der Waals surface area contributed by atoms with Crippen molar-refractivity contribution in [3.8, 4) is 0 Å². The summed E-state index contributed by atoms with van der Waals surface area (Å²) in [6.07, 6.45) is 6.72. The summed E-state index contributed by atoms with van der Waals surface area (Å²) in [6.45, 7) is 6.24.